The van der Waals surface area contributed by atoms with E-state index < -0.39 is 0 Å². The zero-order valence-electron chi connectivity index (χ0n) is 11.9. The molecule has 110 valence electrons. The van der Waals surface area contributed by atoms with Gasteiger partial charge in [-0.1, -0.05) is 18.9 Å². The van der Waals surface area contributed by atoms with E-state index in [1.807, 2.05) is 0 Å². The molecule has 0 unspecified atom stereocenters. The molecule has 0 aromatic heterocycles. The first-order valence-corrected chi connectivity index (χ1v) is 7.04. The molecule has 0 atom stereocenters. The summed E-state index contributed by atoms with van der Waals surface area (Å²) in [5.74, 6) is 0.316. The molecule has 20 heavy (non-hydrogen) atoms. The summed E-state index contributed by atoms with van der Waals surface area (Å²) in [4.78, 5) is 12.0. The summed E-state index contributed by atoms with van der Waals surface area (Å²) in [6.45, 7) is 1.03. The summed E-state index contributed by atoms with van der Waals surface area (Å²) in [6.07, 6.45) is 5.14. The summed E-state index contributed by atoms with van der Waals surface area (Å²) >= 11 is 0. The molecule has 2 rings (SSSR count). The number of nitrogens with one attached hydrogen (secondary N) is 1. The van der Waals surface area contributed by atoms with Crippen molar-refractivity contribution in [1.82, 2.24) is 5.32 Å². The molecule has 1 aromatic carbocycles. The number of benzene rings is 1. The second-order valence-electron chi connectivity index (χ2n) is 4.95. The lowest BCUT2D eigenvalue weighted by Crippen LogP contribution is -2.29. The topological polar surface area (TPSA) is 73.6 Å². The van der Waals surface area contributed by atoms with E-state index in [0.717, 1.165) is 12.8 Å². The minimum atomic E-state index is -0.198. The first kappa shape index (κ1) is 14.7. The molecule has 5 nitrogen and oxygen atoms in total. The minimum absolute atomic E-state index is 0.198. The number of hydrogen-bond acceptors (Lipinski definition) is 4. The van der Waals surface area contributed by atoms with Crippen LogP contribution in [0, 0.1) is 0 Å². The summed E-state index contributed by atoms with van der Waals surface area (Å²) in [6, 6.07) is 5.17. The number of para-hydroxylation sites is 1. The molecule has 1 aliphatic rings. The van der Waals surface area contributed by atoms with E-state index in [1.165, 1.54) is 20.0 Å². The zero-order valence-corrected chi connectivity index (χ0v) is 11.9. The number of hydrogen-bond donors (Lipinski definition) is 2. The molecule has 0 aliphatic heterocycles. The molecule has 0 radical (unpaired) electrons. The van der Waals surface area contributed by atoms with Crippen LogP contribution in [0.5, 0.6) is 5.75 Å². The first-order valence-electron chi connectivity index (χ1n) is 7.04. The van der Waals surface area contributed by atoms with Crippen LogP contribution in [-0.2, 0) is 4.74 Å². The molecular formula is C15H22N2O3. The van der Waals surface area contributed by atoms with Gasteiger partial charge in [-0.15, -0.1) is 0 Å². The molecule has 0 heterocycles. The lowest BCUT2D eigenvalue weighted by molar-refractivity contribution is 0.0582. The Morgan fingerprint density at radius 3 is 2.85 bits per heavy atom. The molecule has 0 saturated heterocycles. The molecule has 1 amide bonds. The quantitative estimate of drug-likeness (QED) is 0.616. The van der Waals surface area contributed by atoms with Gasteiger partial charge in [-0.25, -0.2) is 0 Å². The zero-order chi connectivity index (χ0) is 14.4. The van der Waals surface area contributed by atoms with E-state index in [2.05, 4.69) is 5.32 Å². The number of methoxy groups -OCH3 is 1. The van der Waals surface area contributed by atoms with Crippen molar-refractivity contribution in [3.63, 3.8) is 0 Å². The van der Waals surface area contributed by atoms with Crippen LogP contribution in [0.4, 0.5) is 5.69 Å². The van der Waals surface area contributed by atoms with Gasteiger partial charge < -0.3 is 20.5 Å². The predicted octanol–water partition coefficient (Wildman–Crippen LogP) is 1.97. The highest BCUT2D eigenvalue weighted by molar-refractivity contribution is 6.00. The lowest BCUT2D eigenvalue weighted by atomic mass is 10.1. The molecular weight excluding hydrogens is 256 g/mol. The van der Waals surface area contributed by atoms with Crippen molar-refractivity contribution in [2.45, 2.75) is 31.8 Å². The Hall–Kier alpha value is -1.75. The average molecular weight is 278 g/mol. The van der Waals surface area contributed by atoms with E-state index in [1.54, 1.807) is 18.2 Å². The van der Waals surface area contributed by atoms with Crippen molar-refractivity contribution >= 4 is 11.6 Å². The van der Waals surface area contributed by atoms with Crippen LogP contribution in [0.15, 0.2) is 18.2 Å². The Labute approximate surface area is 119 Å². The van der Waals surface area contributed by atoms with E-state index in [9.17, 15) is 4.79 Å². The molecule has 1 saturated carbocycles. The maximum Gasteiger partial charge on any atom is 0.253 e. The molecule has 5 heteroatoms. The van der Waals surface area contributed by atoms with Crippen molar-refractivity contribution < 1.29 is 14.3 Å². The van der Waals surface area contributed by atoms with Crippen molar-refractivity contribution in [1.29, 1.82) is 0 Å². The highest BCUT2D eigenvalue weighted by Crippen LogP contribution is 2.24. The predicted molar refractivity (Wildman–Crippen MR) is 77.9 cm³/mol. The van der Waals surface area contributed by atoms with Crippen LogP contribution in [0.1, 0.15) is 36.0 Å². The van der Waals surface area contributed by atoms with Gasteiger partial charge >= 0.3 is 0 Å². The third-order valence-electron chi connectivity index (χ3n) is 3.57. The van der Waals surface area contributed by atoms with Gasteiger partial charge in [0.05, 0.1) is 31.1 Å². The number of ether oxygens (including phenoxy) is 2. The average Bonchev–Trinajstić information content (AvgIpc) is 2.97. The molecule has 1 fully saturated rings. The molecule has 3 N–H and O–H groups in total. The standard InChI is InChI=1S/C15H22N2O3/c1-19-13-8-4-7-12(14(13)16)15(18)17-9-10-20-11-5-2-3-6-11/h4,7-8,11H,2-3,5-6,9-10,16H2,1H3,(H,17,18). The minimum Gasteiger partial charge on any atom is -0.495 e. The van der Waals surface area contributed by atoms with Crippen molar-refractivity contribution in [3.05, 3.63) is 23.8 Å². The molecule has 0 spiro atoms. The summed E-state index contributed by atoms with van der Waals surface area (Å²) in [7, 11) is 1.53. The summed E-state index contributed by atoms with van der Waals surface area (Å²) in [5.41, 5.74) is 6.68. The fraction of sp³-hybridized carbons (Fsp3) is 0.533. The monoisotopic (exact) mass is 278 g/mol. The van der Waals surface area contributed by atoms with Gasteiger partial charge in [0.2, 0.25) is 0 Å². The number of nitrogens with two attached hydrogens (primary N) is 1. The Kier molecular flexibility index (Phi) is 5.24. The lowest BCUT2D eigenvalue weighted by Gasteiger charge is -2.13. The van der Waals surface area contributed by atoms with E-state index >= 15 is 0 Å². The van der Waals surface area contributed by atoms with Gasteiger partial charge in [0.25, 0.3) is 5.91 Å². The van der Waals surface area contributed by atoms with Crippen LogP contribution in [-0.4, -0.2) is 32.3 Å². The number of anilines is 1. The largest absolute Gasteiger partial charge is 0.495 e. The van der Waals surface area contributed by atoms with Gasteiger partial charge in [-0.2, -0.15) is 0 Å². The maximum atomic E-state index is 12.0. The number of carbonyl (C=O) groups excluding carboxylic acids is 1. The summed E-state index contributed by atoms with van der Waals surface area (Å²) < 4.78 is 10.8. The number of carbonyl (C=O) groups is 1. The third-order valence-corrected chi connectivity index (χ3v) is 3.57. The molecule has 1 aromatic rings. The van der Waals surface area contributed by atoms with Crippen molar-refractivity contribution in [2.75, 3.05) is 26.0 Å². The Morgan fingerprint density at radius 2 is 2.15 bits per heavy atom. The Bertz CT molecular complexity index is 456. The highest BCUT2D eigenvalue weighted by Gasteiger charge is 2.16. The number of rotatable bonds is 6. The SMILES string of the molecule is COc1cccc(C(=O)NCCOC2CCCC2)c1N. The second-order valence-corrected chi connectivity index (χ2v) is 4.95. The Morgan fingerprint density at radius 1 is 1.40 bits per heavy atom. The van der Waals surface area contributed by atoms with Gasteiger partial charge in [-0.3, -0.25) is 4.79 Å². The Balaban J connectivity index is 1.79. The van der Waals surface area contributed by atoms with Crippen molar-refractivity contribution in [3.8, 4) is 5.75 Å². The van der Waals surface area contributed by atoms with E-state index in [4.69, 9.17) is 15.2 Å². The summed E-state index contributed by atoms with van der Waals surface area (Å²) in [5, 5.41) is 2.82. The fourth-order valence-electron chi connectivity index (χ4n) is 2.46. The van der Waals surface area contributed by atoms with Gasteiger partial charge in [0, 0.05) is 6.54 Å². The second kappa shape index (κ2) is 7.14. The van der Waals surface area contributed by atoms with Crippen LogP contribution in [0.2, 0.25) is 0 Å². The number of nitrogen functional groups attached to an aromatic ring is 1. The molecule has 0 bridgehead atoms. The van der Waals surface area contributed by atoms with Gasteiger partial charge in [0.15, 0.2) is 0 Å². The fourth-order valence-corrected chi connectivity index (χ4v) is 2.46. The smallest absolute Gasteiger partial charge is 0.253 e. The van der Waals surface area contributed by atoms with Crippen LogP contribution >= 0.6 is 0 Å². The number of amides is 1. The van der Waals surface area contributed by atoms with Crippen LogP contribution < -0.4 is 15.8 Å². The van der Waals surface area contributed by atoms with E-state index in [-0.39, 0.29) is 5.91 Å². The van der Waals surface area contributed by atoms with Crippen LogP contribution in [0.3, 0.4) is 0 Å². The third kappa shape index (κ3) is 3.63. The van der Waals surface area contributed by atoms with Crippen LogP contribution in [0.25, 0.3) is 0 Å². The van der Waals surface area contributed by atoms with Gasteiger partial charge in [-0.05, 0) is 25.0 Å². The normalized spacial score (nSPS) is 15.2. The van der Waals surface area contributed by atoms with Crippen molar-refractivity contribution in [2.24, 2.45) is 0 Å². The first-order chi connectivity index (χ1) is 9.72. The molecule has 1 aliphatic carbocycles. The maximum absolute atomic E-state index is 12.0. The van der Waals surface area contributed by atoms with E-state index in [0.29, 0.717) is 36.3 Å². The highest BCUT2D eigenvalue weighted by atomic mass is 16.5. The van der Waals surface area contributed by atoms with Gasteiger partial charge in [0.1, 0.15) is 5.75 Å².